The van der Waals surface area contributed by atoms with Crippen molar-refractivity contribution < 1.29 is 0 Å². The zero-order chi connectivity index (χ0) is 15.4. The van der Waals surface area contributed by atoms with Crippen molar-refractivity contribution in [2.24, 2.45) is 5.84 Å². The molecule has 0 atom stereocenters. The smallest absolute Gasteiger partial charge is 0.148 e. The minimum absolute atomic E-state index is 0.566. The van der Waals surface area contributed by atoms with Gasteiger partial charge in [0.05, 0.1) is 10.7 Å². The highest BCUT2D eigenvalue weighted by Crippen LogP contribution is 2.30. The van der Waals surface area contributed by atoms with E-state index >= 15 is 0 Å². The maximum Gasteiger partial charge on any atom is 0.148 e. The molecule has 1 aromatic carbocycles. The maximum absolute atomic E-state index is 6.17. The Balaban J connectivity index is 2.42. The summed E-state index contributed by atoms with van der Waals surface area (Å²) in [6, 6.07) is 5.22. The van der Waals surface area contributed by atoms with E-state index in [1.807, 2.05) is 6.92 Å². The van der Waals surface area contributed by atoms with Crippen LogP contribution in [0.25, 0.3) is 0 Å². The first-order chi connectivity index (χ1) is 10.0. The molecule has 0 unspecified atom stereocenters. The molecule has 112 valence electrons. The number of anilines is 3. The van der Waals surface area contributed by atoms with Gasteiger partial charge in [-0.05, 0) is 31.5 Å². The number of aromatic nitrogens is 2. The molecular formula is C14H17Cl2N5. The van der Waals surface area contributed by atoms with Crippen LogP contribution in [-0.2, 0) is 6.42 Å². The molecule has 4 N–H and O–H groups in total. The molecule has 0 saturated carbocycles. The van der Waals surface area contributed by atoms with Crippen LogP contribution in [0, 0.1) is 6.92 Å². The first-order valence-electron chi connectivity index (χ1n) is 6.61. The minimum Gasteiger partial charge on any atom is -0.339 e. The molecule has 7 heteroatoms. The molecule has 2 rings (SSSR count). The van der Waals surface area contributed by atoms with Crippen molar-refractivity contribution in [2.45, 2.75) is 26.7 Å². The van der Waals surface area contributed by atoms with Gasteiger partial charge >= 0.3 is 0 Å². The molecule has 0 bridgehead atoms. The van der Waals surface area contributed by atoms with Crippen LogP contribution in [0.5, 0.6) is 0 Å². The van der Waals surface area contributed by atoms with Crippen LogP contribution in [0.1, 0.15) is 24.7 Å². The van der Waals surface area contributed by atoms with Crippen molar-refractivity contribution in [2.75, 3.05) is 10.7 Å². The SMILES string of the molecule is CCCc1nc(NN)c(C)c(Nc2cc(Cl)ccc2Cl)n1. The number of hydrogen-bond acceptors (Lipinski definition) is 5. The van der Waals surface area contributed by atoms with E-state index in [0.29, 0.717) is 27.4 Å². The number of aryl methyl sites for hydroxylation is 1. The van der Waals surface area contributed by atoms with Gasteiger partial charge in [0.25, 0.3) is 0 Å². The lowest BCUT2D eigenvalue weighted by atomic mass is 10.2. The summed E-state index contributed by atoms with van der Waals surface area (Å²) in [5, 5.41) is 4.35. The predicted octanol–water partition coefficient (Wildman–Crippen LogP) is 4.07. The number of nitrogen functional groups attached to an aromatic ring is 1. The van der Waals surface area contributed by atoms with E-state index in [1.165, 1.54) is 0 Å². The third-order valence-corrected chi connectivity index (χ3v) is 3.55. The van der Waals surface area contributed by atoms with Gasteiger partial charge in [0.1, 0.15) is 17.5 Å². The molecule has 0 aliphatic rings. The third-order valence-electron chi connectivity index (χ3n) is 2.98. The van der Waals surface area contributed by atoms with Crippen LogP contribution in [-0.4, -0.2) is 9.97 Å². The monoisotopic (exact) mass is 325 g/mol. The Labute approximate surface area is 133 Å². The average molecular weight is 326 g/mol. The van der Waals surface area contributed by atoms with Crippen LogP contribution >= 0.6 is 23.2 Å². The Morgan fingerprint density at radius 3 is 2.57 bits per heavy atom. The van der Waals surface area contributed by atoms with E-state index < -0.39 is 0 Å². The van der Waals surface area contributed by atoms with Crippen LogP contribution < -0.4 is 16.6 Å². The normalized spacial score (nSPS) is 10.5. The lowest BCUT2D eigenvalue weighted by molar-refractivity contribution is 0.833. The Bertz CT molecular complexity index is 646. The molecule has 0 radical (unpaired) electrons. The largest absolute Gasteiger partial charge is 0.339 e. The number of hydrogen-bond donors (Lipinski definition) is 3. The minimum atomic E-state index is 0.566. The number of halogens is 2. The van der Waals surface area contributed by atoms with Gasteiger partial charge in [0, 0.05) is 17.0 Å². The van der Waals surface area contributed by atoms with Gasteiger partial charge in [-0.3, -0.25) is 0 Å². The van der Waals surface area contributed by atoms with Crippen LogP contribution in [0.15, 0.2) is 18.2 Å². The molecular weight excluding hydrogens is 309 g/mol. The van der Waals surface area contributed by atoms with E-state index in [4.69, 9.17) is 29.0 Å². The molecule has 5 nitrogen and oxygen atoms in total. The summed E-state index contributed by atoms with van der Waals surface area (Å²) in [6.07, 6.45) is 1.72. The summed E-state index contributed by atoms with van der Waals surface area (Å²) in [4.78, 5) is 8.89. The molecule has 0 amide bonds. The first-order valence-corrected chi connectivity index (χ1v) is 7.37. The van der Waals surface area contributed by atoms with Crippen LogP contribution in [0.4, 0.5) is 17.3 Å². The van der Waals surface area contributed by atoms with Crippen molar-refractivity contribution in [1.29, 1.82) is 0 Å². The first kappa shape index (κ1) is 15.8. The second kappa shape index (κ2) is 6.93. The molecule has 21 heavy (non-hydrogen) atoms. The number of rotatable bonds is 5. The lowest BCUT2D eigenvalue weighted by Crippen LogP contribution is -2.14. The quantitative estimate of drug-likeness (QED) is 0.570. The van der Waals surface area contributed by atoms with Crippen molar-refractivity contribution in [3.8, 4) is 0 Å². The van der Waals surface area contributed by atoms with Gasteiger partial charge in [-0.1, -0.05) is 30.1 Å². The Hall–Kier alpha value is -1.56. The fraction of sp³-hybridized carbons (Fsp3) is 0.286. The predicted molar refractivity (Wildman–Crippen MR) is 88.3 cm³/mol. The second-order valence-electron chi connectivity index (χ2n) is 4.61. The van der Waals surface area contributed by atoms with Gasteiger partial charge in [-0.25, -0.2) is 15.8 Å². The zero-order valence-corrected chi connectivity index (χ0v) is 13.4. The molecule has 0 aliphatic heterocycles. The highest BCUT2D eigenvalue weighted by atomic mass is 35.5. The molecule has 0 fully saturated rings. The van der Waals surface area contributed by atoms with Crippen molar-refractivity contribution in [3.05, 3.63) is 39.6 Å². The van der Waals surface area contributed by atoms with Crippen molar-refractivity contribution in [3.63, 3.8) is 0 Å². The van der Waals surface area contributed by atoms with E-state index in [0.717, 1.165) is 24.2 Å². The van der Waals surface area contributed by atoms with Crippen LogP contribution in [0.3, 0.4) is 0 Å². The standard InChI is InChI=1S/C14H17Cl2N5/c1-3-4-12-19-13(8(2)14(20-12)21-17)18-11-7-9(15)5-6-10(11)16/h5-7H,3-4,17H2,1-2H3,(H2,18,19,20,21). The van der Waals surface area contributed by atoms with E-state index in [2.05, 4.69) is 27.6 Å². The Morgan fingerprint density at radius 1 is 1.19 bits per heavy atom. The molecule has 0 spiro atoms. The van der Waals surface area contributed by atoms with Crippen LogP contribution in [0.2, 0.25) is 10.0 Å². The summed E-state index contributed by atoms with van der Waals surface area (Å²) in [5.74, 6) is 7.49. The maximum atomic E-state index is 6.17. The fourth-order valence-corrected chi connectivity index (χ4v) is 2.22. The summed E-state index contributed by atoms with van der Waals surface area (Å²) in [7, 11) is 0. The number of nitrogens with two attached hydrogens (primary N) is 1. The fourth-order valence-electron chi connectivity index (χ4n) is 1.88. The van der Waals surface area contributed by atoms with Gasteiger partial charge < -0.3 is 10.7 Å². The summed E-state index contributed by atoms with van der Waals surface area (Å²) in [5.41, 5.74) is 4.10. The van der Waals surface area contributed by atoms with Crippen molar-refractivity contribution in [1.82, 2.24) is 9.97 Å². The van der Waals surface area contributed by atoms with Gasteiger partial charge in [0.2, 0.25) is 0 Å². The summed E-state index contributed by atoms with van der Waals surface area (Å²) >= 11 is 12.2. The highest BCUT2D eigenvalue weighted by molar-refractivity contribution is 6.35. The number of nitrogens with zero attached hydrogens (tertiary/aromatic N) is 2. The average Bonchev–Trinajstić information content (AvgIpc) is 2.46. The lowest BCUT2D eigenvalue weighted by Gasteiger charge is -2.14. The van der Waals surface area contributed by atoms with Crippen molar-refractivity contribution >= 4 is 40.5 Å². The summed E-state index contributed by atoms with van der Waals surface area (Å²) in [6.45, 7) is 3.95. The van der Waals surface area contributed by atoms with Gasteiger partial charge in [-0.15, -0.1) is 0 Å². The van der Waals surface area contributed by atoms with Gasteiger partial charge in [-0.2, -0.15) is 0 Å². The summed E-state index contributed by atoms with van der Waals surface area (Å²) < 4.78 is 0. The number of benzene rings is 1. The van der Waals surface area contributed by atoms with Gasteiger partial charge in [0.15, 0.2) is 0 Å². The highest BCUT2D eigenvalue weighted by Gasteiger charge is 2.11. The molecule has 0 saturated heterocycles. The molecule has 1 aromatic heterocycles. The molecule has 0 aliphatic carbocycles. The van der Waals surface area contributed by atoms with E-state index in [-0.39, 0.29) is 0 Å². The zero-order valence-electron chi connectivity index (χ0n) is 11.9. The number of nitrogens with one attached hydrogen (secondary N) is 2. The number of hydrazine groups is 1. The molecule has 2 aromatic rings. The Kier molecular flexibility index (Phi) is 5.22. The topological polar surface area (TPSA) is 75.9 Å². The second-order valence-corrected chi connectivity index (χ2v) is 5.45. The third kappa shape index (κ3) is 3.75. The van der Waals surface area contributed by atoms with E-state index in [9.17, 15) is 0 Å². The Morgan fingerprint density at radius 2 is 1.90 bits per heavy atom. The molecule has 1 heterocycles. The van der Waals surface area contributed by atoms with E-state index in [1.54, 1.807) is 18.2 Å².